The molecule has 17 heavy (non-hydrogen) atoms. The van der Waals surface area contributed by atoms with E-state index in [4.69, 9.17) is 5.73 Å². The molecule has 6 atom stereocenters. The van der Waals surface area contributed by atoms with E-state index in [0.717, 1.165) is 19.4 Å². The lowest BCUT2D eigenvalue weighted by atomic mass is 9.88. The van der Waals surface area contributed by atoms with Gasteiger partial charge in [-0.3, -0.25) is 4.79 Å². The second kappa shape index (κ2) is 3.95. The molecule has 2 bridgehead atoms. The maximum absolute atomic E-state index is 12.2. The van der Waals surface area contributed by atoms with E-state index in [1.807, 2.05) is 11.8 Å². The second-order valence-electron chi connectivity index (χ2n) is 6.23. The average Bonchev–Trinajstić information content (AvgIpc) is 2.88. The van der Waals surface area contributed by atoms with Gasteiger partial charge in [0, 0.05) is 13.0 Å². The van der Waals surface area contributed by atoms with Gasteiger partial charge in [0.15, 0.2) is 0 Å². The van der Waals surface area contributed by atoms with Gasteiger partial charge in [0.1, 0.15) is 0 Å². The molecule has 1 saturated heterocycles. The highest BCUT2D eigenvalue weighted by Gasteiger charge is 2.59. The molecule has 96 valence electrons. The quantitative estimate of drug-likeness (QED) is 0.738. The molecule has 0 aromatic carbocycles. The van der Waals surface area contributed by atoms with Crippen LogP contribution in [0.1, 0.15) is 26.2 Å². The number of amides is 1. The van der Waals surface area contributed by atoms with E-state index in [2.05, 4.69) is 0 Å². The number of nitrogens with zero attached hydrogens (tertiary/aromatic N) is 1. The Morgan fingerprint density at radius 3 is 2.88 bits per heavy atom. The first kappa shape index (κ1) is 11.5. The smallest absolute Gasteiger partial charge is 0.223 e. The number of likely N-dealkylation sites (tertiary alicyclic amines) is 1. The molecular weight excluding hydrogens is 216 g/mol. The van der Waals surface area contributed by atoms with Crippen molar-refractivity contribution in [3.8, 4) is 0 Å². The molecule has 1 aliphatic heterocycles. The molecule has 3 N–H and O–H groups in total. The number of hydrogen-bond acceptors (Lipinski definition) is 3. The Kier molecular flexibility index (Phi) is 2.67. The monoisotopic (exact) mass is 238 g/mol. The largest absolute Gasteiger partial charge is 0.391 e. The molecule has 1 heterocycles. The molecule has 0 aromatic rings. The summed E-state index contributed by atoms with van der Waals surface area (Å²) in [6, 6.07) is 0.122. The lowest BCUT2D eigenvalue weighted by molar-refractivity contribution is -0.135. The molecule has 3 fully saturated rings. The first-order valence-corrected chi connectivity index (χ1v) is 6.79. The van der Waals surface area contributed by atoms with Crippen molar-refractivity contribution in [3.63, 3.8) is 0 Å². The van der Waals surface area contributed by atoms with Crippen LogP contribution in [-0.2, 0) is 4.79 Å². The fraction of sp³-hybridized carbons (Fsp3) is 0.923. The Labute approximate surface area is 102 Å². The molecule has 4 heteroatoms. The number of rotatable bonds is 3. The first-order valence-electron chi connectivity index (χ1n) is 6.79. The highest BCUT2D eigenvalue weighted by Crippen LogP contribution is 2.54. The second-order valence-corrected chi connectivity index (χ2v) is 6.23. The van der Waals surface area contributed by atoms with Crippen LogP contribution >= 0.6 is 0 Å². The molecule has 2 aliphatic carbocycles. The van der Waals surface area contributed by atoms with Crippen molar-refractivity contribution >= 4 is 5.91 Å². The van der Waals surface area contributed by atoms with Crippen molar-refractivity contribution in [1.29, 1.82) is 0 Å². The number of carbonyl (C=O) groups excluding carboxylic acids is 1. The number of aliphatic hydroxyl groups excluding tert-OH is 1. The van der Waals surface area contributed by atoms with Gasteiger partial charge in [0.25, 0.3) is 0 Å². The number of hydrogen-bond donors (Lipinski definition) is 2. The van der Waals surface area contributed by atoms with Crippen LogP contribution in [0, 0.1) is 23.7 Å². The Balaban J connectivity index is 1.71. The summed E-state index contributed by atoms with van der Waals surface area (Å²) in [5.74, 6) is 2.13. The minimum Gasteiger partial charge on any atom is -0.391 e. The van der Waals surface area contributed by atoms with Crippen molar-refractivity contribution in [3.05, 3.63) is 0 Å². The number of carbonyl (C=O) groups is 1. The minimum absolute atomic E-state index is 0.122. The highest BCUT2D eigenvalue weighted by atomic mass is 16.3. The van der Waals surface area contributed by atoms with E-state index in [9.17, 15) is 9.90 Å². The van der Waals surface area contributed by atoms with Crippen LogP contribution in [0.4, 0.5) is 0 Å². The van der Waals surface area contributed by atoms with Crippen LogP contribution in [0.2, 0.25) is 0 Å². The van der Waals surface area contributed by atoms with E-state index in [1.54, 1.807) is 0 Å². The molecule has 0 aromatic heterocycles. The number of fused-ring (bicyclic) bond motifs is 1. The zero-order valence-corrected chi connectivity index (χ0v) is 10.4. The Morgan fingerprint density at radius 1 is 1.47 bits per heavy atom. The van der Waals surface area contributed by atoms with Gasteiger partial charge >= 0.3 is 0 Å². The van der Waals surface area contributed by atoms with Gasteiger partial charge in [-0.2, -0.15) is 0 Å². The highest BCUT2D eigenvalue weighted by molar-refractivity contribution is 5.77. The van der Waals surface area contributed by atoms with E-state index in [1.165, 1.54) is 0 Å². The van der Waals surface area contributed by atoms with E-state index in [-0.39, 0.29) is 24.0 Å². The summed E-state index contributed by atoms with van der Waals surface area (Å²) < 4.78 is 0. The van der Waals surface area contributed by atoms with Crippen LogP contribution in [0.15, 0.2) is 0 Å². The summed E-state index contributed by atoms with van der Waals surface area (Å²) >= 11 is 0. The van der Waals surface area contributed by atoms with Gasteiger partial charge < -0.3 is 15.7 Å². The molecule has 3 rings (SSSR count). The number of nitrogens with two attached hydrogens (primary N) is 1. The van der Waals surface area contributed by atoms with Crippen molar-refractivity contribution in [2.75, 3.05) is 13.1 Å². The molecule has 3 aliphatic rings. The van der Waals surface area contributed by atoms with Gasteiger partial charge in [0.05, 0.1) is 12.1 Å². The van der Waals surface area contributed by atoms with Crippen LogP contribution in [0.3, 0.4) is 0 Å². The average molecular weight is 238 g/mol. The SMILES string of the molecule is CC(CN)CC(=O)N1CC2CC3CC2C1C3O. The third kappa shape index (κ3) is 1.61. The van der Waals surface area contributed by atoms with Crippen molar-refractivity contribution in [2.45, 2.75) is 38.3 Å². The predicted octanol–water partition coefficient (Wildman–Crippen LogP) is 0.199. The van der Waals surface area contributed by atoms with Gasteiger partial charge in [-0.05, 0) is 43.1 Å². The van der Waals surface area contributed by atoms with Gasteiger partial charge in [-0.1, -0.05) is 6.92 Å². The topological polar surface area (TPSA) is 66.6 Å². The van der Waals surface area contributed by atoms with Crippen LogP contribution in [0.25, 0.3) is 0 Å². The molecule has 0 radical (unpaired) electrons. The normalized spacial score (nSPS) is 44.4. The van der Waals surface area contributed by atoms with E-state index in [0.29, 0.717) is 30.7 Å². The zero-order valence-electron chi connectivity index (χ0n) is 10.4. The number of aliphatic hydroxyl groups is 1. The minimum atomic E-state index is -0.268. The summed E-state index contributed by atoms with van der Waals surface area (Å²) in [6.07, 6.45) is 2.52. The molecule has 0 spiro atoms. The Bertz CT molecular complexity index is 331. The third-order valence-corrected chi connectivity index (χ3v) is 5.09. The molecule has 6 unspecified atom stereocenters. The van der Waals surface area contributed by atoms with Gasteiger partial charge in [0.2, 0.25) is 5.91 Å². The summed E-state index contributed by atoms with van der Waals surface area (Å²) in [6.45, 7) is 3.44. The Morgan fingerprint density at radius 2 is 2.24 bits per heavy atom. The molecule has 1 amide bonds. The first-order chi connectivity index (χ1) is 8.11. The van der Waals surface area contributed by atoms with E-state index >= 15 is 0 Å². The maximum atomic E-state index is 12.2. The lowest BCUT2D eigenvalue weighted by Crippen LogP contribution is -2.44. The van der Waals surface area contributed by atoms with Crippen molar-refractivity contribution < 1.29 is 9.90 Å². The summed E-state index contributed by atoms with van der Waals surface area (Å²) in [4.78, 5) is 14.2. The molecule has 2 saturated carbocycles. The van der Waals surface area contributed by atoms with Gasteiger partial charge in [-0.15, -0.1) is 0 Å². The Hall–Kier alpha value is -0.610. The van der Waals surface area contributed by atoms with Crippen molar-refractivity contribution in [1.82, 2.24) is 4.90 Å². The van der Waals surface area contributed by atoms with Crippen LogP contribution < -0.4 is 5.73 Å². The maximum Gasteiger partial charge on any atom is 0.223 e. The third-order valence-electron chi connectivity index (χ3n) is 5.09. The van der Waals surface area contributed by atoms with Crippen LogP contribution in [-0.4, -0.2) is 41.1 Å². The lowest BCUT2D eigenvalue weighted by Gasteiger charge is -2.29. The zero-order chi connectivity index (χ0) is 12.2. The van der Waals surface area contributed by atoms with Crippen LogP contribution in [0.5, 0.6) is 0 Å². The van der Waals surface area contributed by atoms with Gasteiger partial charge in [-0.25, -0.2) is 0 Å². The predicted molar refractivity (Wildman–Crippen MR) is 64.0 cm³/mol. The summed E-state index contributed by atoms with van der Waals surface area (Å²) in [5.41, 5.74) is 5.57. The standard InChI is InChI=1S/C13H22N2O2/c1-7(5-14)2-11(16)15-6-9-3-8-4-10(9)12(15)13(8)17/h7-10,12-13,17H,2-6,14H2,1H3. The van der Waals surface area contributed by atoms with E-state index < -0.39 is 0 Å². The summed E-state index contributed by atoms with van der Waals surface area (Å²) in [7, 11) is 0. The molecule has 4 nitrogen and oxygen atoms in total. The summed E-state index contributed by atoms with van der Waals surface area (Å²) in [5, 5.41) is 10.2. The fourth-order valence-corrected chi connectivity index (χ4v) is 4.20. The fourth-order valence-electron chi connectivity index (χ4n) is 4.20. The van der Waals surface area contributed by atoms with Crippen molar-refractivity contribution in [2.24, 2.45) is 29.4 Å². The molecular formula is C13H22N2O2.